The van der Waals surface area contributed by atoms with Gasteiger partial charge in [0.2, 0.25) is 0 Å². The number of carboxylic acids is 1. The van der Waals surface area contributed by atoms with Crippen LogP contribution in [0.15, 0.2) is 12.1 Å². The highest BCUT2D eigenvalue weighted by molar-refractivity contribution is 5.82. The van der Waals surface area contributed by atoms with Crippen molar-refractivity contribution in [2.24, 2.45) is 5.92 Å². The van der Waals surface area contributed by atoms with Crippen molar-refractivity contribution in [3.05, 3.63) is 29.6 Å². The van der Waals surface area contributed by atoms with Crippen molar-refractivity contribution in [1.82, 2.24) is 9.55 Å². The third-order valence-electron chi connectivity index (χ3n) is 3.44. The predicted molar refractivity (Wildman–Crippen MR) is 75.1 cm³/mol. The van der Waals surface area contributed by atoms with Crippen LogP contribution in [0.4, 0.5) is 8.78 Å². The molecule has 21 heavy (non-hydrogen) atoms. The minimum atomic E-state index is -1.30. The number of carbonyl (C=O) groups is 1. The second-order valence-electron chi connectivity index (χ2n) is 6.08. The molecular formula is C15H18F2N2O2. The summed E-state index contributed by atoms with van der Waals surface area (Å²) in [5.41, 5.74) is -0.751. The maximum absolute atomic E-state index is 13.5. The Morgan fingerprint density at radius 2 is 1.90 bits per heavy atom. The van der Waals surface area contributed by atoms with E-state index in [1.54, 1.807) is 0 Å². The lowest BCUT2D eigenvalue weighted by atomic mass is 10.0. The Labute approximate surface area is 121 Å². The summed E-state index contributed by atoms with van der Waals surface area (Å²) in [6.07, 6.45) is 0.522. The molecule has 2 aromatic rings. The Morgan fingerprint density at radius 3 is 2.43 bits per heavy atom. The zero-order chi connectivity index (χ0) is 15.9. The molecule has 1 N–H and O–H groups in total. The third-order valence-corrected chi connectivity index (χ3v) is 3.44. The van der Waals surface area contributed by atoms with E-state index in [9.17, 15) is 18.7 Å². The summed E-state index contributed by atoms with van der Waals surface area (Å²) in [5.74, 6) is -2.31. The van der Waals surface area contributed by atoms with Gasteiger partial charge in [0.1, 0.15) is 11.4 Å². The molecule has 1 aromatic carbocycles. The van der Waals surface area contributed by atoms with Crippen LogP contribution in [0.2, 0.25) is 0 Å². The lowest BCUT2D eigenvalue weighted by Crippen LogP contribution is -2.37. The molecule has 0 aliphatic carbocycles. The van der Waals surface area contributed by atoms with Gasteiger partial charge in [0, 0.05) is 18.6 Å². The quantitative estimate of drug-likeness (QED) is 0.941. The van der Waals surface area contributed by atoms with Crippen LogP contribution in [0.3, 0.4) is 0 Å². The fourth-order valence-electron chi connectivity index (χ4n) is 2.34. The minimum Gasteiger partial charge on any atom is -0.480 e. The van der Waals surface area contributed by atoms with Crippen molar-refractivity contribution in [1.29, 1.82) is 0 Å². The monoisotopic (exact) mass is 296 g/mol. The maximum Gasteiger partial charge on any atom is 0.329 e. The molecule has 0 atom stereocenters. The number of carboxylic acid groups (broad SMARTS) is 1. The molecule has 2 rings (SSSR count). The molecule has 0 aliphatic heterocycles. The average Bonchev–Trinajstić information content (AvgIpc) is 2.66. The smallest absolute Gasteiger partial charge is 0.329 e. The van der Waals surface area contributed by atoms with E-state index in [2.05, 4.69) is 4.98 Å². The first kappa shape index (κ1) is 15.4. The van der Waals surface area contributed by atoms with Crippen LogP contribution in [-0.4, -0.2) is 20.6 Å². The maximum atomic E-state index is 13.5. The zero-order valence-corrected chi connectivity index (χ0v) is 12.4. The van der Waals surface area contributed by atoms with Gasteiger partial charge in [0.15, 0.2) is 11.6 Å². The van der Waals surface area contributed by atoms with Gasteiger partial charge in [-0.25, -0.2) is 18.6 Å². The number of benzene rings is 1. The number of hydrogen-bond donors (Lipinski definition) is 1. The van der Waals surface area contributed by atoms with E-state index in [-0.39, 0.29) is 17.0 Å². The summed E-state index contributed by atoms with van der Waals surface area (Å²) < 4.78 is 28.4. The van der Waals surface area contributed by atoms with Gasteiger partial charge in [-0.15, -0.1) is 0 Å². The van der Waals surface area contributed by atoms with E-state index < -0.39 is 23.1 Å². The molecule has 0 spiro atoms. The number of imidazole rings is 1. The zero-order valence-electron chi connectivity index (χ0n) is 12.4. The summed E-state index contributed by atoms with van der Waals surface area (Å²) in [4.78, 5) is 15.8. The van der Waals surface area contributed by atoms with Crippen LogP contribution >= 0.6 is 0 Å². The molecule has 1 heterocycles. The van der Waals surface area contributed by atoms with Gasteiger partial charge in [-0.05, 0) is 19.8 Å². The summed E-state index contributed by atoms with van der Waals surface area (Å²) in [6, 6.07) is 2.01. The van der Waals surface area contributed by atoms with Crippen LogP contribution in [-0.2, 0) is 16.8 Å². The molecule has 6 heteroatoms. The molecule has 0 bridgehead atoms. The highest BCUT2D eigenvalue weighted by Crippen LogP contribution is 2.28. The first-order chi connectivity index (χ1) is 9.64. The van der Waals surface area contributed by atoms with Gasteiger partial charge in [-0.3, -0.25) is 0 Å². The first-order valence-corrected chi connectivity index (χ1v) is 6.74. The number of aliphatic carboxylic acids is 1. The average molecular weight is 296 g/mol. The summed E-state index contributed by atoms with van der Waals surface area (Å²) in [5, 5.41) is 9.44. The molecule has 0 unspecified atom stereocenters. The number of aromatic nitrogens is 2. The van der Waals surface area contributed by atoms with E-state index in [1.807, 2.05) is 13.8 Å². The van der Waals surface area contributed by atoms with E-state index in [4.69, 9.17) is 0 Å². The topological polar surface area (TPSA) is 55.1 Å². The molecule has 0 saturated carbocycles. The number of nitrogens with zero attached hydrogens (tertiary/aromatic N) is 2. The fourth-order valence-corrected chi connectivity index (χ4v) is 2.34. The standard InChI is InChI=1S/C15H18F2N2O2/c1-8(2)5-13-18-11-6-9(16)10(17)7-12(11)19(13)15(3,4)14(20)21/h6-8H,5H2,1-4H3,(H,20,21). The van der Waals surface area contributed by atoms with Crippen LogP contribution in [0.1, 0.15) is 33.5 Å². The van der Waals surface area contributed by atoms with Crippen molar-refractivity contribution >= 4 is 17.0 Å². The summed E-state index contributed by atoms with van der Waals surface area (Å²) >= 11 is 0. The van der Waals surface area contributed by atoms with Crippen LogP contribution in [0, 0.1) is 17.6 Å². The largest absolute Gasteiger partial charge is 0.480 e. The molecule has 114 valence electrons. The van der Waals surface area contributed by atoms with Crippen molar-refractivity contribution in [2.45, 2.75) is 39.7 Å². The van der Waals surface area contributed by atoms with E-state index in [0.717, 1.165) is 12.1 Å². The molecule has 0 fully saturated rings. The number of rotatable bonds is 4. The molecule has 4 nitrogen and oxygen atoms in total. The Hall–Kier alpha value is -1.98. The second-order valence-corrected chi connectivity index (χ2v) is 6.08. The van der Waals surface area contributed by atoms with E-state index >= 15 is 0 Å². The van der Waals surface area contributed by atoms with Gasteiger partial charge in [-0.2, -0.15) is 0 Å². The van der Waals surface area contributed by atoms with Crippen molar-refractivity contribution in [3.63, 3.8) is 0 Å². The fraction of sp³-hybridized carbons (Fsp3) is 0.467. The lowest BCUT2D eigenvalue weighted by molar-refractivity contribution is -0.145. The Bertz CT molecular complexity index is 705. The second kappa shape index (κ2) is 5.09. The molecular weight excluding hydrogens is 278 g/mol. The minimum absolute atomic E-state index is 0.236. The number of hydrogen-bond acceptors (Lipinski definition) is 2. The molecule has 1 aromatic heterocycles. The summed E-state index contributed by atoms with van der Waals surface area (Å²) in [6.45, 7) is 6.97. The van der Waals surface area contributed by atoms with Crippen LogP contribution in [0.25, 0.3) is 11.0 Å². The molecule has 0 amide bonds. The highest BCUT2D eigenvalue weighted by atomic mass is 19.2. The number of fused-ring (bicyclic) bond motifs is 1. The number of halogens is 2. The van der Waals surface area contributed by atoms with Gasteiger partial charge in [0.25, 0.3) is 0 Å². The van der Waals surface area contributed by atoms with E-state index in [0.29, 0.717) is 12.2 Å². The van der Waals surface area contributed by atoms with Gasteiger partial charge >= 0.3 is 5.97 Å². The SMILES string of the molecule is CC(C)Cc1nc2cc(F)c(F)cc2n1C(C)(C)C(=O)O. The molecule has 0 aliphatic rings. The molecule has 0 saturated heterocycles. The van der Waals surface area contributed by atoms with Gasteiger partial charge in [0.05, 0.1) is 11.0 Å². The van der Waals surface area contributed by atoms with Crippen LogP contribution < -0.4 is 0 Å². The van der Waals surface area contributed by atoms with Gasteiger partial charge < -0.3 is 9.67 Å². The first-order valence-electron chi connectivity index (χ1n) is 6.74. The normalized spacial score (nSPS) is 12.3. The summed E-state index contributed by atoms with van der Waals surface area (Å²) in [7, 11) is 0. The lowest BCUT2D eigenvalue weighted by Gasteiger charge is -2.25. The highest BCUT2D eigenvalue weighted by Gasteiger charge is 2.33. The van der Waals surface area contributed by atoms with E-state index in [1.165, 1.54) is 18.4 Å². The molecule has 0 radical (unpaired) electrons. The van der Waals surface area contributed by atoms with Crippen molar-refractivity contribution in [3.8, 4) is 0 Å². The Morgan fingerprint density at radius 1 is 1.33 bits per heavy atom. The van der Waals surface area contributed by atoms with Crippen LogP contribution in [0.5, 0.6) is 0 Å². The van der Waals surface area contributed by atoms with Crippen molar-refractivity contribution in [2.75, 3.05) is 0 Å². The third kappa shape index (κ3) is 2.62. The van der Waals surface area contributed by atoms with Gasteiger partial charge in [-0.1, -0.05) is 13.8 Å². The predicted octanol–water partition coefficient (Wildman–Crippen LogP) is 3.33. The van der Waals surface area contributed by atoms with Crippen molar-refractivity contribution < 1.29 is 18.7 Å². The Balaban J connectivity index is 2.80. The Kier molecular flexibility index (Phi) is 3.74.